The van der Waals surface area contributed by atoms with Gasteiger partial charge < -0.3 is 14.8 Å². The van der Waals surface area contributed by atoms with E-state index in [1.54, 1.807) is 31.9 Å². The first-order valence-electron chi connectivity index (χ1n) is 11.5. The first-order chi connectivity index (χ1) is 17.4. The fourth-order valence-corrected chi connectivity index (χ4v) is 6.29. The van der Waals surface area contributed by atoms with Gasteiger partial charge in [-0.15, -0.1) is 11.3 Å². The van der Waals surface area contributed by atoms with Crippen molar-refractivity contribution >= 4 is 32.2 Å². The van der Waals surface area contributed by atoms with Gasteiger partial charge in [0.1, 0.15) is 16.4 Å². The van der Waals surface area contributed by atoms with Crippen LogP contribution in [0.5, 0.6) is 11.5 Å². The summed E-state index contributed by atoms with van der Waals surface area (Å²) in [7, 11) is -0.683. The third-order valence-corrected chi connectivity index (χ3v) is 8.53. The van der Waals surface area contributed by atoms with Crippen LogP contribution in [0.25, 0.3) is 0 Å². The highest BCUT2D eigenvalue weighted by Gasteiger charge is 2.45. The third-order valence-electron chi connectivity index (χ3n) is 6.33. The Balaban J connectivity index is 1.52. The van der Waals surface area contributed by atoms with Gasteiger partial charge in [-0.05, 0) is 47.7 Å². The summed E-state index contributed by atoms with van der Waals surface area (Å²) in [5.41, 5.74) is 3.21. The molecule has 2 N–H and O–H groups in total. The molecular weight excluding hydrogens is 494 g/mol. The average molecular weight is 522 g/mol. The van der Waals surface area contributed by atoms with Gasteiger partial charge in [0.05, 0.1) is 25.4 Å². The second-order valence-corrected chi connectivity index (χ2v) is 11.2. The van der Waals surface area contributed by atoms with Crippen molar-refractivity contribution in [3.8, 4) is 11.5 Å². The quantitative estimate of drug-likeness (QED) is 0.280. The van der Waals surface area contributed by atoms with Crippen molar-refractivity contribution in [1.29, 1.82) is 0 Å². The summed E-state index contributed by atoms with van der Waals surface area (Å²) in [6.45, 7) is 0. The smallest absolute Gasteiger partial charge is 0.265 e. The van der Waals surface area contributed by atoms with Gasteiger partial charge in [-0.2, -0.15) is 0 Å². The van der Waals surface area contributed by atoms with E-state index in [0.717, 1.165) is 29.5 Å². The van der Waals surface area contributed by atoms with E-state index >= 15 is 0 Å². The van der Waals surface area contributed by atoms with Gasteiger partial charge >= 0.3 is 0 Å². The van der Waals surface area contributed by atoms with E-state index < -0.39 is 10.0 Å². The average Bonchev–Trinajstić information content (AvgIpc) is 3.51. The minimum atomic E-state index is -3.90. The monoisotopic (exact) mass is 521 g/mol. The van der Waals surface area contributed by atoms with Gasteiger partial charge in [0.25, 0.3) is 10.0 Å². The topological polar surface area (TPSA) is 89.5 Å². The molecule has 0 saturated heterocycles. The summed E-state index contributed by atoms with van der Waals surface area (Å²) in [5, 5.41) is 5.61. The number of ether oxygens (including phenoxy) is 2. The zero-order valence-corrected chi connectivity index (χ0v) is 21.7. The molecule has 1 aliphatic carbocycles. The number of thiazole rings is 1. The minimum absolute atomic E-state index is 0.185. The molecule has 0 bridgehead atoms. The minimum Gasteiger partial charge on any atom is -0.497 e. The lowest BCUT2D eigenvalue weighted by molar-refractivity contribution is 0.391. The van der Waals surface area contributed by atoms with Crippen LogP contribution in [0.2, 0.25) is 0 Å². The van der Waals surface area contributed by atoms with Crippen LogP contribution in [0.1, 0.15) is 29.5 Å². The fraction of sp³-hybridized carbons (Fsp3) is 0.222. The molecule has 1 aromatic heterocycles. The number of anilines is 2. The van der Waals surface area contributed by atoms with Crippen molar-refractivity contribution in [3.05, 3.63) is 95.0 Å². The van der Waals surface area contributed by atoms with E-state index in [2.05, 4.69) is 27.2 Å². The molecule has 0 aliphatic heterocycles. The van der Waals surface area contributed by atoms with Crippen molar-refractivity contribution in [3.63, 3.8) is 0 Å². The Morgan fingerprint density at radius 2 is 1.81 bits per heavy atom. The summed E-state index contributed by atoms with van der Waals surface area (Å²) in [4.78, 5) is 4.28. The zero-order valence-electron chi connectivity index (χ0n) is 20.0. The molecule has 0 amide bonds. The molecular formula is C27H27N3O4S2. The highest BCUT2D eigenvalue weighted by molar-refractivity contribution is 7.93. The molecule has 186 valence electrons. The van der Waals surface area contributed by atoms with Crippen LogP contribution in [0.4, 0.5) is 10.8 Å². The van der Waals surface area contributed by atoms with E-state index in [0.29, 0.717) is 28.7 Å². The van der Waals surface area contributed by atoms with Gasteiger partial charge in [-0.3, -0.25) is 4.72 Å². The summed E-state index contributed by atoms with van der Waals surface area (Å²) < 4.78 is 40.6. The molecule has 1 saturated carbocycles. The summed E-state index contributed by atoms with van der Waals surface area (Å²) >= 11 is 1.24. The zero-order chi connectivity index (χ0) is 25.2. The van der Waals surface area contributed by atoms with Crippen molar-refractivity contribution in [2.45, 2.75) is 29.7 Å². The van der Waals surface area contributed by atoms with Crippen LogP contribution in [0.3, 0.4) is 0 Å². The number of sulfonamides is 1. The maximum atomic E-state index is 13.5. The van der Waals surface area contributed by atoms with E-state index in [4.69, 9.17) is 9.47 Å². The highest BCUT2D eigenvalue weighted by atomic mass is 32.2. The van der Waals surface area contributed by atoms with E-state index in [9.17, 15) is 8.42 Å². The molecule has 1 heterocycles. The summed E-state index contributed by atoms with van der Waals surface area (Å²) in [6.07, 6.45) is 3.93. The Bertz CT molecular complexity index is 1450. The fourth-order valence-electron chi connectivity index (χ4n) is 4.29. The van der Waals surface area contributed by atoms with Crippen LogP contribution < -0.4 is 19.5 Å². The van der Waals surface area contributed by atoms with Crippen molar-refractivity contribution in [2.75, 3.05) is 24.3 Å². The number of nitrogens with zero attached hydrogens (tertiary/aromatic N) is 1. The molecule has 7 nitrogen and oxygen atoms in total. The molecule has 9 heteroatoms. The highest BCUT2D eigenvalue weighted by Crippen LogP contribution is 2.49. The number of rotatable bonds is 10. The summed E-state index contributed by atoms with van der Waals surface area (Å²) in [5.74, 6) is 1.38. The third kappa shape index (κ3) is 5.03. The molecule has 3 aromatic carbocycles. The van der Waals surface area contributed by atoms with E-state index in [1.165, 1.54) is 11.3 Å². The first-order valence-corrected chi connectivity index (χ1v) is 13.9. The predicted octanol–water partition coefficient (Wildman–Crippen LogP) is 5.65. The van der Waals surface area contributed by atoms with Crippen molar-refractivity contribution < 1.29 is 17.9 Å². The number of aromatic nitrogens is 1. The SMILES string of the molecule is COc1ccc(Cc2ccc(NC3(c4ccccc4)CC3)c(S(=O)(=O)Nc3nccs3)c2)c(OC)c1. The maximum Gasteiger partial charge on any atom is 0.265 e. The molecule has 36 heavy (non-hydrogen) atoms. The van der Waals surface area contributed by atoms with Crippen molar-refractivity contribution in [1.82, 2.24) is 4.98 Å². The first kappa shape index (κ1) is 24.1. The van der Waals surface area contributed by atoms with Gasteiger partial charge in [0.15, 0.2) is 5.13 Å². The van der Waals surface area contributed by atoms with Crippen LogP contribution >= 0.6 is 11.3 Å². The lowest BCUT2D eigenvalue weighted by Gasteiger charge is -2.22. The lowest BCUT2D eigenvalue weighted by atomic mass is 10.0. The van der Waals surface area contributed by atoms with Gasteiger partial charge in [0.2, 0.25) is 0 Å². The molecule has 0 radical (unpaired) electrons. The normalized spacial score (nSPS) is 14.2. The van der Waals surface area contributed by atoms with Gasteiger partial charge in [0, 0.05) is 24.1 Å². The van der Waals surface area contributed by atoms with Gasteiger partial charge in [-0.25, -0.2) is 13.4 Å². The van der Waals surface area contributed by atoms with E-state index in [-0.39, 0.29) is 10.4 Å². The van der Waals surface area contributed by atoms with Crippen LogP contribution in [-0.2, 0) is 22.0 Å². The predicted molar refractivity (Wildman–Crippen MR) is 143 cm³/mol. The van der Waals surface area contributed by atoms with Crippen LogP contribution in [0, 0.1) is 0 Å². The largest absolute Gasteiger partial charge is 0.497 e. The number of methoxy groups -OCH3 is 2. The Kier molecular flexibility index (Phi) is 6.59. The number of benzene rings is 3. The standard InChI is InChI=1S/C27H27N3O4S2/c1-33-22-10-9-20(24(18-22)34-2)16-19-8-11-23(29-27(12-13-27)21-6-4-3-5-7-21)25(17-19)36(31,32)30-26-28-14-15-35-26/h3-11,14-15,17-18,29H,12-13,16H2,1-2H3,(H,28,30). The summed E-state index contributed by atoms with van der Waals surface area (Å²) in [6, 6.07) is 21.3. The second kappa shape index (κ2) is 9.83. The molecule has 0 atom stereocenters. The lowest BCUT2D eigenvalue weighted by Crippen LogP contribution is -2.22. The maximum absolute atomic E-state index is 13.5. The van der Waals surface area contributed by atoms with Crippen LogP contribution in [-0.4, -0.2) is 27.6 Å². The van der Waals surface area contributed by atoms with Crippen LogP contribution in [0.15, 0.2) is 83.2 Å². The Labute approximate surface area is 215 Å². The Morgan fingerprint density at radius 1 is 1.00 bits per heavy atom. The van der Waals surface area contributed by atoms with Crippen molar-refractivity contribution in [2.24, 2.45) is 0 Å². The molecule has 5 rings (SSSR count). The van der Waals surface area contributed by atoms with Gasteiger partial charge in [-0.1, -0.05) is 42.5 Å². The number of hydrogen-bond donors (Lipinski definition) is 2. The molecule has 0 spiro atoms. The number of hydrogen-bond acceptors (Lipinski definition) is 7. The second-order valence-electron chi connectivity index (χ2n) is 8.70. The molecule has 4 aromatic rings. The number of nitrogens with one attached hydrogen (secondary N) is 2. The molecule has 1 fully saturated rings. The van der Waals surface area contributed by atoms with E-state index in [1.807, 2.05) is 48.5 Å². The Morgan fingerprint density at radius 3 is 2.47 bits per heavy atom. The molecule has 0 unspecified atom stereocenters. The Hall–Kier alpha value is -3.56. The molecule has 1 aliphatic rings.